The molecule has 152 valence electrons. The largest absolute Gasteiger partial charge is 0.330 e. The highest BCUT2D eigenvalue weighted by atomic mass is 16.2. The van der Waals surface area contributed by atoms with Crippen molar-refractivity contribution in [2.75, 3.05) is 13.2 Å². The van der Waals surface area contributed by atoms with E-state index in [9.17, 15) is 9.59 Å². The van der Waals surface area contributed by atoms with Gasteiger partial charge in [-0.05, 0) is 18.1 Å². The maximum absolute atomic E-state index is 13.8. The molecule has 5 heteroatoms. The molecule has 1 fully saturated rings. The third kappa shape index (κ3) is 3.60. The zero-order valence-electron chi connectivity index (χ0n) is 17.0. The van der Waals surface area contributed by atoms with Crippen LogP contribution in [0.3, 0.4) is 0 Å². The summed E-state index contributed by atoms with van der Waals surface area (Å²) in [6.07, 6.45) is 0. The fraction of sp³-hybridized carbons (Fsp3) is 0.200. The number of rotatable bonds is 7. The van der Waals surface area contributed by atoms with Crippen LogP contribution in [0.2, 0.25) is 0 Å². The predicted molar refractivity (Wildman–Crippen MR) is 116 cm³/mol. The van der Waals surface area contributed by atoms with Crippen LogP contribution in [0.25, 0.3) is 0 Å². The van der Waals surface area contributed by atoms with Crippen LogP contribution in [-0.4, -0.2) is 30.1 Å². The summed E-state index contributed by atoms with van der Waals surface area (Å²) >= 11 is 0. The maximum Gasteiger partial charge on any atom is 0.330 e. The van der Waals surface area contributed by atoms with Gasteiger partial charge in [-0.3, -0.25) is 4.79 Å². The number of nitrogens with zero attached hydrogens (tertiary/aromatic N) is 1. The average Bonchev–Trinajstić information content (AvgIpc) is 3.06. The molecule has 5 nitrogen and oxygen atoms in total. The Morgan fingerprint density at radius 2 is 1.30 bits per heavy atom. The Hall–Kier alpha value is -3.44. The lowest BCUT2D eigenvalue weighted by Crippen LogP contribution is -3.12. The van der Waals surface area contributed by atoms with Crippen LogP contribution < -0.4 is 10.2 Å². The molecule has 0 bridgehead atoms. The van der Waals surface area contributed by atoms with Gasteiger partial charge in [0.1, 0.15) is 6.54 Å². The number of nitrogens with one attached hydrogen (secondary N) is 2. The lowest BCUT2D eigenvalue weighted by Gasteiger charge is -2.28. The van der Waals surface area contributed by atoms with Gasteiger partial charge in [-0.25, -0.2) is 9.69 Å². The Morgan fingerprint density at radius 3 is 1.80 bits per heavy atom. The Labute approximate surface area is 176 Å². The van der Waals surface area contributed by atoms with Gasteiger partial charge in [0.05, 0.1) is 6.54 Å². The minimum Gasteiger partial charge on any atom is -0.315 e. The van der Waals surface area contributed by atoms with E-state index in [0.29, 0.717) is 6.67 Å². The van der Waals surface area contributed by atoms with Gasteiger partial charge >= 0.3 is 6.03 Å². The van der Waals surface area contributed by atoms with Crippen molar-refractivity contribution in [3.63, 3.8) is 0 Å². The van der Waals surface area contributed by atoms with Gasteiger partial charge in [-0.1, -0.05) is 91.0 Å². The highest BCUT2D eigenvalue weighted by Gasteiger charge is 2.54. The summed E-state index contributed by atoms with van der Waals surface area (Å²) in [5.74, 6) is -0.232. The van der Waals surface area contributed by atoms with E-state index in [1.165, 1.54) is 10.5 Å². The third-order valence-corrected chi connectivity index (χ3v) is 5.70. The monoisotopic (exact) mass is 400 g/mol. The van der Waals surface area contributed by atoms with Crippen LogP contribution in [-0.2, 0) is 16.9 Å². The van der Waals surface area contributed by atoms with Crippen molar-refractivity contribution >= 4 is 11.9 Å². The summed E-state index contributed by atoms with van der Waals surface area (Å²) in [6.45, 7) is 3.93. The number of carbonyl (C=O) groups excluding carboxylic acids is 2. The lowest BCUT2D eigenvalue weighted by molar-refractivity contribution is -0.919. The zero-order valence-corrected chi connectivity index (χ0v) is 17.0. The van der Waals surface area contributed by atoms with Crippen molar-refractivity contribution in [2.45, 2.75) is 19.0 Å². The van der Waals surface area contributed by atoms with Crippen molar-refractivity contribution < 1.29 is 14.5 Å². The molecule has 0 spiro atoms. The van der Waals surface area contributed by atoms with E-state index >= 15 is 0 Å². The van der Waals surface area contributed by atoms with E-state index in [1.54, 1.807) is 0 Å². The van der Waals surface area contributed by atoms with Gasteiger partial charge in [0.15, 0.2) is 12.2 Å². The molecule has 1 unspecified atom stereocenters. The molecule has 1 aliphatic rings. The summed E-state index contributed by atoms with van der Waals surface area (Å²) in [5.41, 5.74) is 1.50. The molecule has 1 atom stereocenters. The fourth-order valence-corrected chi connectivity index (χ4v) is 4.05. The van der Waals surface area contributed by atoms with E-state index in [2.05, 4.69) is 24.4 Å². The maximum atomic E-state index is 13.8. The Balaban J connectivity index is 1.67. The van der Waals surface area contributed by atoms with Crippen LogP contribution in [0.4, 0.5) is 4.79 Å². The molecule has 1 aliphatic heterocycles. The van der Waals surface area contributed by atoms with Crippen molar-refractivity contribution in [2.24, 2.45) is 0 Å². The second-order valence-electron chi connectivity index (χ2n) is 7.57. The van der Waals surface area contributed by atoms with Crippen LogP contribution in [0.5, 0.6) is 0 Å². The first-order valence-electron chi connectivity index (χ1n) is 10.3. The smallest absolute Gasteiger partial charge is 0.315 e. The van der Waals surface area contributed by atoms with Gasteiger partial charge in [0, 0.05) is 5.56 Å². The number of urea groups is 1. The minimum absolute atomic E-state index is 0.232. The first-order chi connectivity index (χ1) is 14.6. The van der Waals surface area contributed by atoms with E-state index in [4.69, 9.17) is 0 Å². The molecule has 1 saturated heterocycles. The topological polar surface area (TPSA) is 53.9 Å². The quantitative estimate of drug-likeness (QED) is 0.599. The minimum atomic E-state index is -1.20. The predicted octanol–water partition coefficient (Wildman–Crippen LogP) is 2.54. The van der Waals surface area contributed by atoms with E-state index < -0.39 is 5.54 Å². The fourth-order valence-electron chi connectivity index (χ4n) is 4.05. The highest BCUT2D eigenvalue weighted by molar-refractivity contribution is 6.09. The van der Waals surface area contributed by atoms with E-state index in [-0.39, 0.29) is 11.9 Å². The number of carbonyl (C=O) groups is 2. The second kappa shape index (κ2) is 8.51. The van der Waals surface area contributed by atoms with E-state index in [1.807, 2.05) is 78.9 Å². The number of amides is 3. The van der Waals surface area contributed by atoms with E-state index in [0.717, 1.165) is 29.1 Å². The first kappa shape index (κ1) is 19.9. The molecular weight excluding hydrogens is 374 g/mol. The van der Waals surface area contributed by atoms with Crippen LogP contribution in [0.15, 0.2) is 91.0 Å². The standard InChI is InChI=1S/C25H25N3O2/c1-2-27(18-20-12-6-3-7-13-20)19-28-23(29)25(26-24(28)30,21-14-8-4-9-15-21)22-16-10-5-11-17-22/h3-17H,2,18-19H2,1H3,(H,26,30)/p+1. The molecular formula is C25H26N3O2+. The molecule has 4 rings (SSSR count). The summed E-state index contributed by atoms with van der Waals surface area (Å²) in [7, 11) is 0. The number of hydrogen-bond acceptors (Lipinski definition) is 2. The summed E-state index contributed by atoms with van der Waals surface area (Å²) in [5, 5.41) is 3.02. The summed E-state index contributed by atoms with van der Waals surface area (Å²) < 4.78 is 0. The third-order valence-electron chi connectivity index (χ3n) is 5.70. The van der Waals surface area contributed by atoms with Gasteiger partial charge < -0.3 is 10.2 Å². The van der Waals surface area contributed by atoms with Gasteiger partial charge in [-0.15, -0.1) is 0 Å². The molecule has 1 heterocycles. The van der Waals surface area contributed by atoms with Crippen molar-refractivity contribution in [3.05, 3.63) is 108 Å². The molecule has 0 radical (unpaired) electrons. The molecule has 3 aromatic carbocycles. The molecule has 30 heavy (non-hydrogen) atoms. The van der Waals surface area contributed by atoms with Gasteiger partial charge in [-0.2, -0.15) is 0 Å². The summed E-state index contributed by atoms with van der Waals surface area (Å²) in [6, 6.07) is 28.7. The van der Waals surface area contributed by atoms with Gasteiger partial charge in [0.2, 0.25) is 0 Å². The second-order valence-corrected chi connectivity index (χ2v) is 7.57. The van der Waals surface area contributed by atoms with Crippen molar-refractivity contribution in [1.82, 2.24) is 10.2 Å². The van der Waals surface area contributed by atoms with Crippen molar-refractivity contribution in [3.8, 4) is 0 Å². The molecule has 3 aromatic rings. The Bertz CT molecular complexity index is 967. The zero-order chi connectivity index (χ0) is 21.0. The number of benzene rings is 3. The highest BCUT2D eigenvalue weighted by Crippen LogP contribution is 2.35. The number of imide groups is 1. The van der Waals surface area contributed by atoms with Crippen LogP contribution in [0.1, 0.15) is 23.6 Å². The SMILES string of the molecule is CC[NH+](Cc1ccccc1)CN1C(=O)NC(c2ccccc2)(c2ccccc2)C1=O. The normalized spacial score (nSPS) is 16.4. The Kier molecular flexibility index (Phi) is 5.63. The molecule has 2 N–H and O–H groups in total. The summed E-state index contributed by atoms with van der Waals surface area (Å²) in [4.78, 5) is 29.3. The van der Waals surface area contributed by atoms with Crippen LogP contribution in [0, 0.1) is 0 Å². The first-order valence-corrected chi connectivity index (χ1v) is 10.3. The molecule has 0 aromatic heterocycles. The van der Waals surface area contributed by atoms with Crippen molar-refractivity contribution in [1.29, 1.82) is 0 Å². The lowest BCUT2D eigenvalue weighted by atomic mass is 9.83. The molecule has 3 amide bonds. The number of hydrogen-bond donors (Lipinski definition) is 2. The number of quaternary nitrogens is 1. The average molecular weight is 401 g/mol. The van der Waals surface area contributed by atoms with Crippen LogP contribution >= 0.6 is 0 Å². The Morgan fingerprint density at radius 1 is 0.800 bits per heavy atom. The van der Waals surface area contributed by atoms with Gasteiger partial charge in [0.25, 0.3) is 5.91 Å². The molecule has 0 saturated carbocycles. The molecule has 0 aliphatic carbocycles.